The largest absolute Gasteiger partial charge is 0.358 e. The second-order valence-corrected chi connectivity index (χ2v) is 5.19. The number of hydrogen-bond acceptors (Lipinski definition) is 3. The summed E-state index contributed by atoms with van der Waals surface area (Å²) in [7, 11) is 0. The molecule has 1 amide bonds. The molecule has 1 heterocycles. The van der Waals surface area contributed by atoms with Crippen LogP contribution in [0.25, 0.3) is 0 Å². The molecule has 0 aliphatic carbocycles. The number of carbonyl (C=O) groups is 1. The lowest BCUT2D eigenvalue weighted by Gasteiger charge is -2.05. The highest BCUT2D eigenvalue weighted by Gasteiger charge is 2.16. The van der Waals surface area contributed by atoms with Crippen LogP contribution in [0.5, 0.6) is 0 Å². The van der Waals surface area contributed by atoms with Crippen LogP contribution in [0.4, 0.5) is 11.5 Å². The van der Waals surface area contributed by atoms with Gasteiger partial charge < -0.3 is 15.4 Å². The summed E-state index contributed by atoms with van der Waals surface area (Å²) < 4.78 is 0.777. The van der Waals surface area contributed by atoms with E-state index in [1.165, 1.54) is 12.1 Å². The van der Waals surface area contributed by atoms with Crippen molar-refractivity contribution in [3.05, 3.63) is 54.7 Å². The lowest BCUT2D eigenvalue weighted by atomic mass is 10.3. The van der Waals surface area contributed by atoms with Gasteiger partial charge in [-0.2, -0.15) is 0 Å². The third kappa shape index (κ3) is 3.24. The van der Waals surface area contributed by atoms with Gasteiger partial charge in [-0.15, -0.1) is 0 Å². The number of aromatic amines is 1. The van der Waals surface area contributed by atoms with Gasteiger partial charge >= 0.3 is 5.82 Å². The average molecular weight is 392 g/mol. The summed E-state index contributed by atoms with van der Waals surface area (Å²) in [6, 6.07) is 7.61. The average Bonchev–Trinajstić information content (AvgIpc) is 2.82. The fourth-order valence-electron chi connectivity index (χ4n) is 1.40. The molecule has 2 N–H and O–H groups in total. The summed E-state index contributed by atoms with van der Waals surface area (Å²) >= 11 is 7.85. The standard InChI is InChI=1S/C11H7ClIN3O3/c12-6-1-2-8(7(13)5-6)15-11(17)9-3-4-10(14-9)16(18)19/h1-5,14H,(H,15,17). The highest BCUT2D eigenvalue weighted by atomic mass is 127. The Morgan fingerprint density at radius 3 is 2.68 bits per heavy atom. The molecule has 0 fully saturated rings. The molecule has 0 unspecified atom stereocenters. The molecule has 0 spiro atoms. The van der Waals surface area contributed by atoms with Crippen molar-refractivity contribution >= 4 is 51.6 Å². The van der Waals surface area contributed by atoms with Crippen molar-refractivity contribution in [1.82, 2.24) is 4.98 Å². The van der Waals surface area contributed by atoms with E-state index in [0.29, 0.717) is 10.7 Å². The predicted molar refractivity (Wildman–Crippen MR) is 79.6 cm³/mol. The Hall–Kier alpha value is -1.61. The molecule has 0 saturated heterocycles. The Kier molecular flexibility index (Phi) is 4.05. The Bertz CT molecular complexity index is 656. The predicted octanol–water partition coefficient (Wildman–Crippen LogP) is 3.43. The van der Waals surface area contributed by atoms with Crippen molar-refractivity contribution in [1.29, 1.82) is 0 Å². The molecule has 0 bridgehead atoms. The van der Waals surface area contributed by atoms with E-state index in [1.54, 1.807) is 18.2 Å². The van der Waals surface area contributed by atoms with Crippen LogP contribution >= 0.6 is 34.2 Å². The van der Waals surface area contributed by atoms with Crippen LogP contribution < -0.4 is 5.32 Å². The molecular formula is C11H7ClIN3O3. The summed E-state index contributed by atoms with van der Waals surface area (Å²) in [4.78, 5) is 24.2. The van der Waals surface area contributed by atoms with Crippen LogP contribution in [0.1, 0.15) is 10.5 Å². The van der Waals surface area contributed by atoms with E-state index in [9.17, 15) is 14.9 Å². The van der Waals surface area contributed by atoms with Gasteiger partial charge in [0.15, 0.2) is 5.69 Å². The highest BCUT2D eigenvalue weighted by molar-refractivity contribution is 14.1. The molecule has 19 heavy (non-hydrogen) atoms. The van der Waals surface area contributed by atoms with E-state index in [2.05, 4.69) is 10.3 Å². The van der Waals surface area contributed by atoms with Crippen molar-refractivity contribution in [2.24, 2.45) is 0 Å². The third-order valence-electron chi connectivity index (χ3n) is 2.29. The van der Waals surface area contributed by atoms with Crippen LogP contribution in [-0.2, 0) is 0 Å². The summed E-state index contributed by atoms with van der Waals surface area (Å²) in [6.07, 6.45) is 0. The first-order chi connectivity index (χ1) is 8.97. The molecule has 0 aliphatic rings. The number of nitrogens with one attached hydrogen (secondary N) is 2. The second kappa shape index (κ2) is 5.57. The minimum absolute atomic E-state index is 0.123. The quantitative estimate of drug-likeness (QED) is 0.477. The molecule has 2 aromatic rings. The Morgan fingerprint density at radius 2 is 2.11 bits per heavy atom. The molecule has 8 heteroatoms. The van der Waals surface area contributed by atoms with E-state index < -0.39 is 10.8 Å². The third-order valence-corrected chi connectivity index (χ3v) is 3.42. The minimum Gasteiger partial charge on any atom is -0.358 e. The number of rotatable bonds is 3. The van der Waals surface area contributed by atoms with E-state index in [-0.39, 0.29) is 11.5 Å². The monoisotopic (exact) mass is 391 g/mol. The first-order valence-electron chi connectivity index (χ1n) is 5.07. The van der Waals surface area contributed by atoms with Gasteiger partial charge in [0.25, 0.3) is 5.91 Å². The molecule has 0 atom stereocenters. The summed E-state index contributed by atoms with van der Waals surface area (Å²) in [5.41, 5.74) is 0.713. The number of nitro groups is 1. The van der Waals surface area contributed by atoms with E-state index >= 15 is 0 Å². The number of carbonyl (C=O) groups excluding carboxylic acids is 1. The Morgan fingerprint density at radius 1 is 1.37 bits per heavy atom. The van der Waals surface area contributed by atoms with Crippen molar-refractivity contribution in [3.8, 4) is 0 Å². The number of benzene rings is 1. The molecule has 0 saturated carbocycles. The zero-order valence-corrected chi connectivity index (χ0v) is 12.2. The number of hydrogen-bond donors (Lipinski definition) is 2. The lowest BCUT2D eigenvalue weighted by molar-refractivity contribution is -0.389. The number of aromatic nitrogens is 1. The molecule has 1 aromatic heterocycles. The number of nitrogens with zero attached hydrogens (tertiary/aromatic N) is 1. The van der Waals surface area contributed by atoms with Gasteiger partial charge in [-0.1, -0.05) is 11.6 Å². The number of H-pyrrole nitrogens is 1. The van der Waals surface area contributed by atoms with Crippen molar-refractivity contribution in [3.63, 3.8) is 0 Å². The Labute approximate surface area is 126 Å². The smallest absolute Gasteiger partial charge is 0.321 e. The Balaban J connectivity index is 2.18. The van der Waals surface area contributed by atoms with E-state index in [1.807, 2.05) is 22.6 Å². The highest BCUT2D eigenvalue weighted by Crippen LogP contribution is 2.23. The van der Waals surface area contributed by atoms with Crippen LogP contribution in [0, 0.1) is 13.7 Å². The van der Waals surface area contributed by atoms with Crippen LogP contribution in [-0.4, -0.2) is 15.8 Å². The number of amides is 1. The topological polar surface area (TPSA) is 88.0 Å². The van der Waals surface area contributed by atoms with Gasteiger partial charge in [0.05, 0.1) is 5.69 Å². The van der Waals surface area contributed by atoms with E-state index in [0.717, 1.165) is 3.57 Å². The van der Waals surface area contributed by atoms with Crippen LogP contribution in [0.15, 0.2) is 30.3 Å². The molecule has 0 radical (unpaired) electrons. The van der Waals surface area contributed by atoms with Gasteiger partial charge in [-0.25, -0.2) is 4.98 Å². The zero-order valence-electron chi connectivity index (χ0n) is 9.31. The van der Waals surface area contributed by atoms with Crippen molar-refractivity contribution < 1.29 is 9.72 Å². The maximum absolute atomic E-state index is 11.9. The summed E-state index contributed by atoms with van der Waals surface area (Å²) in [5, 5.41) is 13.7. The molecular weight excluding hydrogens is 384 g/mol. The fourth-order valence-corrected chi connectivity index (χ4v) is 2.41. The fraction of sp³-hybridized carbons (Fsp3) is 0. The van der Waals surface area contributed by atoms with Gasteiger partial charge in [0.1, 0.15) is 0 Å². The van der Waals surface area contributed by atoms with E-state index in [4.69, 9.17) is 11.6 Å². The normalized spacial score (nSPS) is 10.2. The summed E-state index contributed by atoms with van der Waals surface area (Å²) in [5.74, 6) is -0.677. The van der Waals surface area contributed by atoms with Crippen molar-refractivity contribution in [2.75, 3.05) is 5.32 Å². The molecule has 6 nitrogen and oxygen atoms in total. The molecule has 0 aliphatic heterocycles. The van der Waals surface area contributed by atoms with Gasteiger partial charge in [-0.05, 0) is 51.8 Å². The number of halogens is 2. The van der Waals surface area contributed by atoms with Gasteiger partial charge in [0, 0.05) is 14.7 Å². The molecule has 98 valence electrons. The lowest BCUT2D eigenvalue weighted by Crippen LogP contribution is -2.13. The first-order valence-corrected chi connectivity index (χ1v) is 6.53. The maximum Gasteiger partial charge on any atom is 0.321 e. The zero-order chi connectivity index (χ0) is 14.0. The van der Waals surface area contributed by atoms with Crippen LogP contribution in [0.3, 0.4) is 0 Å². The summed E-state index contributed by atoms with van der Waals surface area (Å²) in [6.45, 7) is 0. The van der Waals surface area contributed by atoms with Gasteiger partial charge in [-0.3, -0.25) is 4.79 Å². The maximum atomic E-state index is 11.9. The number of anilines is 1. The molecule has 2 rings (SSSR count). The minimum atomic E-state index is -0.594. The SMILES string of the molecule is O=C(Nc1ccc(Cl)cc1I)c1ccc([N+](=O)[O-])[nH]1. The second-order valence-electron chi connectivity index (χ2n) is 3.59. The van der Waals surface area contributed by atoms with Crippen molar-refractivity contribution in [2.45, 2.75) is 0 Å². The van der Waals surface area contributed by atoms with Gasteiger partial charge in [0.2, 0.25) is 0 Å². The molecule has 1 aromatic carbocycles. The first kappa shape index (κ1) is 13.8. The van der Waals surface area contributed by atoms with Crippen LogP contribution in [0.2, 0.25) is 5.02 Å².